The van der Waals surface area contributed by atoms with Crippen LogP contribution in [0.5, 0.6) is 0 Å². The summed E-state index contributed by atoms with van der Waals surface area (Å²) >= 11 is 0. The Balaban J connectivity index is 1.61. The van der Waals surface area contributed by atoms with E-state index in [0.29, 0.717) is 11.6 Å². The molecule has 0 aliphatic carbocycles. The summed E-state index contributed by atoms with van der Waals surface area (Å²) in [6.07, 6.45) is 3.60. The monoisotopic (exact) mass is 382 g/mol. The molecule has 0 radical (unpaired) electrons. The number of amides is 2. The molecule has 2 aromatic rings. The SMILES string of the molecule is CCC(CC)C(=O)N1CCC(c2cc(C(=O)N(C)c3ccccc3)n[nH]2)CC1. The minimum absolute atomic E-state index is 0.130. The topological polar surface area (TPSA) is 69.3 Å². The predicted molar refractivity (Wildman–Crippen MR) is 110 cm³/mol. The van der Waals surface area contributed by atoms with Gasteiger partial charge in [0.05, 0.1) is 0 Å². The molecule has 1 aliphatic heterocycles. The summed E-state index contributed by atoms with van der Waals surface area (Å²) in [5.74, 6) is 0.603. The van der Waals surface area contributed by atoms with Crippen LogP contribution in [0.1, 0.15) is 61.6 Å². The molecule has 1 aromatic heterocycles. The third kappa shape index (κ3) is 4.26. The van der Waals surface area contributed by atoms with Crippen molar-refractivity contribution < 1.29 is 9.59 Å². The highest BCUT2D eigenvalue weighted by atomic mass is 16.2. The average Bonchev–Trinajstić information content (AvgIpc) is 3.24. The summed E-state index contributed by atoms with van der Waals surface area (Å²) < 4.78 is 0. The number of benzene rings is 1. The van der Waals surface area contributed by atoms with Crippen LogP contribution in [0.4, 0.5) is 5.69 Å². The molecule has 2 amide bonds. The first kappa shape index (κ1) is 20.1. The zero-order valence-electron chi connectivity index (χ0n) is 17.0. The van der Waals surface area contributed by atoms with Crippen molar-refractivity contribution in [3.05, 3.63) is 47.8 Å². The van der Waals surface area contributed by atoms with E-state index in [0.717, 1.165) is 50.2 Å². The van der Waals surface area contributed by atoms with E-state index in [9.17, 15) is 9.59 Å². The van der Waals surface area contributed by atoms with Gasteiger partial charge in [-0.15, -0.1) is 0 Å². The largest absolute Gasteiger partial charge is 0.342 e. The van der Waals surface area contributed by atoms with Crippen molar-refractivity contribution in [3.8, 4) is 0 Å². The Bertz CT molecular complexity index is 790. The first-order valence-corrected chi connectivity index (χ1v) is 10.2. The summed E-state index contributed by atoms with van der Waals surface area (Å²) in [6, 6.07) is 11.4. The number of piperidine rings is 1. The van der Waals surface area contributed by atoms with Crippen LogP contribution >= 0.6 is 0 Å². The molecule has 28 heavy (non-hydrogen) atoms. The Morgan fingerprint density at radius 1 is 1.18 bits per heavy atom. The summed E-state index contributed by atoms with van der Waals surface area (Å²) in [5, 5.41) is 7.30. The fraction of sp³-hybridized carbons (Fsp3) is 0.500. The quantitative estimate of drug-likeness (QED) is 0.825. The number of rotatable bonds is 6. The summed E-state index contributed by atoms with van der Waals surface area (Å²) in [6.45, 7) is 5.70. The van der Waals surface area contributed by atoms with Gasteiger partial charge >= 0.3 is 0 Å². The van der Waals surface area contributed by atoms with Crippen LogP contribution in [-0.4, -0.2) is 47.0 Å². The Hall–Kier alpha value is -2.63. The van der Waals surface area contributed by atoms with Gasteiger partial charge in [0, 0.05) is 43.4 Å². The minimum atomic E-state index is -0.130. The van der Waals surface area contributed by atoms with Crippen LogP contribution in [0.25, 0.3) is 0 Å². The number of likely N-dealkylation sites (tertiary alicyclic amines) is 1. The molecule has 1 aliphatic rings. The number of nitrogens with zero attached hydrogens (tertiary/aromatic N) is 3. The maximum atomic E-state index is 12.7. The van der Waals surface area contributed by atoms with Gasteiger partial charge in [-0.1, -0.05) is 32.0 Å². The van der Waals surface area contributed by atoms with Gasteiger partial charge in [-0.25, -0.2) is 0 Å². The zero-order valence-corrected chi connectivity index (χ0v) is 17.0. The lowest BCUT2D eigenvalue weighted by molar-refractivity contribution is -0.136. The van der Waals surface area contributed by atoms with E-state index in [1.54, 1.807) is 11.9 Å². The van der Waals surface area contributed by atoms with Gasteiger partial charge in [-0.05, 0) is 43.9 Å². The lowest BCUT2D eigenvalue weighted by Gasteiger charge is -2.33. The number of aromatic nitrogens is 2. The lowest BCUT2D eigenvalue weighted by atomic mass is 9.92. The molecule has 1 saturated heterocycles. The fourth-order valence-electron chi connectivity index (χ4n) is 3.90. The van der Waals surface area contributed by atoms with Crippen molar-refractivity contribution in [1.29, 1.82) is 0 Å². The molecule has 6 nitrogen and oxygen atoms in total. The zero-order chi connectivity index (χ0) is 20.1. The number of anilines is 1. The molecule has 1 aromatic carbocycles. The van der Waals surface area contributed by atoms with Crippen LogP contribution in [0, 0.1) is 5.92 Å². The van der Waals surface area contributed by atoms with Crippen molar-refractivity contribution in [2.24, 2.45) is 5.92 Å². The molecule has 6 heteroatoms. The number of hydrogen-bond acceptors (Lipinski definition) is 3. The molecular weight excluding hydrogens is 352 g/mol. The van der Waals surface area contributed by atoms with Crippen molar-refractivity contribution >= 4 is 17.5 Å². The van der Waals surface area contributed by atoms with E-state index >= 15 is 0 Å². The van der Waals surface area contributed by atoms with Crippen molar-refractivity contribution in [2.45, 2.75) is 45.4 Å². The van der Waals surface area contributed by atoms with Crippen LogP contribution < -0.4 is 4.90 Å². The molecular formula is C22H30N4O2. The molecule has 0 spiro atoms. The summed E-state index contributed by atoms with van der Waals surface area (Å²) in [5.41, 5.74) is 2.25. The third-order valence-corrected chi connectivity index (χ3v) is 5.85. The molecule has 0 unspecified atom stereocenters. The first-order chi connectivity index (χ1) is 13.5. The van der Waals surface area contributed by atoms with Crippen LogP contribution in [-0.2, 0) is 4.79 Å². The number of hydrogen-bond donors (Lipinski definition) is 1. The van der Waals surface area contributed by atoms with Gasteiger partial charge in [0.2, 0.25) is 5.91 Å². The second-order valence-electron chi connectivity index (χ2n) is 7.52. The number of para-hydroxylation sites is 1. The second kappa shape index (κ2) is 9.04. The van der Waals surface area contributed by atoms with Gasteiger partial charge in [0.15, 0.2) is 5.69 Å². The lowest BCUT2D eigenvalue weighted by Crippen LogP contribution is -2.41. The average molecular weight is 383 g/mol. The van der Waals surface area contributed by atoms with E-state index < -0.39 is 0 Å². The first-order valence-electron chi connectivity index (χ1n) is 10.2. The smallest absolute Gasteiger partial charge is 0.278 e. The molecule has 0 atom stereocenters. The molecule has 0 saturated carbocycles. The van der Waals surface area contributed by atoms with Gasteiger partial charge in [0.25, 0.3) is 5.91 Å². The second-order valence-corrected chi connectivity index (χ2v) is 7.52. The Morgan fingerprint density at radius 2 is 1.82 bits per heavy atom. The molecule has 3 rings (SSSR count). The van der Waals surface area contributed by atoms with E-state index in [1.165, 1.54) is 0 Å². The van der Waals surface area contributed by atoms with Crippen LogP contribution in [0.15, 0.2) is 36.4 Å². The molecule has 0 bridgehead atoms. The Labute approximate surface area is 166 Å². The fourth-order valence-corrected chi connectivity index (χ4v) is 3.90. The van der Waals surface area contributed by atoms with E-state index in [-0.39, 0.29) is 17.7 Å². The maximum Gasteiger partial charge on any atom is 0.278 e. The molecule has 1 fully saturated rings. The van der Waals surface area contributed by atoms with Crippen LogP contribution in [0.2, 0.25) is 0 Å². The highest BCUT2D eigenvalue weighted by Gasteiger charge is 2.28. The normalized spacial score (nSPS) is 15.1. The third-order valence-electron chi connectivity index (χ3n) is 5.85. The number of aromatic amines is 1. The van der Waals surface area contributed by atoms with E-state index in [1.807, 2.05) is 41.3 Å². The van der Waals surface area contributed by atoms with Gasteiger partial charge in [-0.3, -0.25) is 14.7 Å². The standard InChI is InChI=1S/C22H30N4O2/c1-4-16(5-2)21(27)26-13-11-17(12-14-26)19-15-20(24-23-19)22(28)25(3)18-9-7-6-8-10-18/h6-10,15-17H,4-5,11-14H2,1-3H3,(H,23,24). The molecule has 1 N–H and O–H groups in total. The van der Waals surface area contributed by atoms with Crippen molar-refractivity contribution in [2.75, 3.05) is 25.0 Å². The van der Waals surface area contributed by atoms with Crippen molar-refractivity contribution in [1.82, 2.24) is 15.1 Å². The van der Waals surface area contributed by atoms with Crippen molar-refractivity contribution in [3.63, 3.8) is 0 Å². The summed E-state index contributed by atoms with van der Waals surface area (Å²) in [7, 11) is 1.76. The van der Waals surface area contributed by atoms with Gasteiger partial charge in [0.1, 0.15) is 0 Å². The minimum Gasteiger partial charge on any atom is -0.342 e. The predicted octanol–water partition coefficient (Wildman–Crippen LogP) is 3.83. The highest BCUT2D eigenvalue weighted by molar-refractivity contribution is 6.04. The molecule has 150 valence electrons. The highest BCUT2D eigenvalue weighted by Crippen LogP contribution is 2.28. The number of H-pyrrole nitrogens is 1. The number of carbonyl (C=O) groups excluding carboxylic acids is 2. The van der Waals surface area contributed by atoms with E-state index in [4.69, 9.17) is 0 Å². The maximum absolute atomic E-state index is 12.7. The van der Waals surface area contributed by atoms with E-state index in [2.05, 4.69) is 24.0 Å². The van der Waals surface area contributed by atoms with Gasteiger partial charge in [-0.2, -0.15) is 5.10 Å². The Morgan fingerprint density at radius 3 is 2.43 bits per heavy atom. The summed E-state index contributed by atoms with van der Waals surface area (Å²) in [4.78, 5) is 28.9. The molecule has 2 heterocycles. The number of nitrogens with one attached hydrogen (secondary N) is 1. The van der Waals surface area contributed by atoms with Crippen LogP contribution in [0.3, 0.4) is 0 Å². The van der Waals surface area contributed by atoms with Gasteiger partial charge < -0.3 is 9.80 Å². The number of carbonyl (C=O) groups is 2. The Kier molecular flexibility index (Phi) is 6.49.